The van der Waals surface area contributed by atoms with Gasteiger partial charge in [0.2, 0.25) is 5.91 Å². The fraction of sp³-hybridized carbons (Fsp3) is 0.625. The lowest BCUT2D eigenvalue weighted by Gasteiger charge is -2.33. The minimum atomic E-state index is -0.0899. The molecule has 0 bridgehead atoms. The lowest BCUT2D eigenvalue weighted by molar-refractivity contribution is -0.136. The Hall–Kier alpha value is -1.78. The van der Waals surface area contributed by atoms with E-state index in [0.29, 0.717) is 11.3 Å². The number of nitrogens with zero attached hydrogens (tertiary/aromatic N) is 1. The molecule has 2 heterocycles. The number of rotatable bonds is 4. The van der Waals surface area contributed by atoms with Gasteiger partial charge in [0.25, 0.3) is 5.91 Å². The van der Waals surface area contributed by atoms with E-state index in [2.05, 4.69) is 5.32 Å². The van der Waals surface area contributed by atoms with Gasteiger partial charge in [0.05, 0.1) is 11.8 Å². The second-order valence-corrected chi connectivity index (χ2v) is 5.77. The van der Waals surface area contributed by atoms with Crippen LogP contribution in [-0.2, 0) is 4.79 Å². The Bertz CT molecular complexity index is 501. The summed E-state index contributed by atoms with van der Waals surface area (Å²) in [6.07, 6.45) is 4.02. The van der Waals surface area contributed by atoms with Crippen LogP contribution in [0.2, 0.25) is 0 Å². The van der Waals surface area contributed by atoms with Crippen LogP contribution in [0.25, 0.3) is 0 Å². The third kappa shape index (κ3) is 3.65. The smallest absolute Gasteiger partial charge is 0.255 e. The van der Waals surface area contributed by atoms with E-state index in [1.165, 1.54) is 6.26 Å². The SMILES string of the molecule is CCC(C)C(=O)N1CCC(NC(=O)c2ccoc2C)CC1. The number of nitrogens with one attached hydrogen (secondary N) is 1. The van der Waals surface area contributed by atoms with Crippen molar-refractivity contribution in [3.63, 3.8) is 0 Å². The van der Waals surface area contributed by atoms with E-state index in [4.69, 9.17) is 4.42 Å². The summed E-state index contributed by atoms with van der Waals surface area (Å²) in [7, 11) is 0. The van der Waals surface area contributed by atoms with E-state index < -0.39 is 0 Å². The van der Waals surface area contributed by atoms with Crippen LogP contribution in [0.3, 0.4) is 0 Å². The highest BCUT2D eigenvalue weighted by Gasteiger charge is 2.26. The number of aryl methyl sites for hydroxylation is 1. The molecule has 0 aromatic carbocycles. The molecule has 1 atom stereocenters. The van der Waals surface area contributed by atoms with Gasteiger partial charge in [0.1, 0.15) is 5.76 Å². The van der Waals surface area contributed by atoms with Gasteiger partial charge in [-0.15, -0.1) is 0 Å². The molecule has 1 aliphatic rings. The summed E-state index contributed by atoms with van der Waals surface area (Å²) in [6.45, 7) is 7.22. The zero-order valence-electron chi connectivity index (χ0n) is 13.0. The molecule has 1 fully saturated rings. The van der Waals surface area contributed by atoms with Crippen molar-refractivity contribution >= 4 is 11.8 Å². The van der Waals surface area contributed by atoms with Gasteiger partial charge in [-0.25, -0.2) is 0 Å². The number of hydrogen-bond donors (Lipinski definition) is 1. The van der Waals surface area contributed by atoms with E-state index in [1.54, 1.807) is 13.0 Å². The summed E-state index contributed by atoms with van der Waals surface area (Å²) in [4.78, 5) is 26.1. The maximum atomic E-state index is 12.1. The molecule has 21 heavy (non-hydrogen) atoms. The van der Waals surface area contributed by atoms with Gasteiger partial charge < -0.3 is 14.6 Å². The zero-order valence-corrected chi connectivity index (χ0v) is 13.0. The monoisotopic (exact) mass is 292 g/mol. The predicted octanol–water partition coefficient (Wildman–Crippen LogP) is 2.35. The fourth-order valence-corrected chi connectivity index (χ4v) is 2.61. The van der Waals surface area contributed by atoms with E-state index in [-0.39, 0.29) is 23.8 Å². The van der Waals surface area contributed by atoms with Crippen molar-refractivity contribution in [3.8, 4) is 0 Å². The lowest BCUT2D eigenvalue weighted by atomic mass is 10.0. The molecule has 1 unspecified atom stereocenters. The zero-order chi connectivity index (χ0) is 15.4. The van der Waals surface area contributed by atoms with Crippen LogP contribution < -0.4 is 5.32 Å². The van der Waals surface area contributed by atoms with Crippen LogP contribution in [-0.4, -0.2) is 35.8 Å². The number of furan rings is 1. The summed E-state index contributed by atoms with van der Waals surface area (Å²) in [5.41, 5.74) is 0.591. The quantitative estimate of drug-likeness (QED) is 0.926. The average Bonchev–Trinajstić information content (AvgIpc) is 2.92. The molecular formula is C16H24N2O3. The molecule has 1 saturated heterocycles. The highest BCUT2D eigenvalue weighted by atomic mass is 16.3. The normalized spacial score (nSPS) is 17.6. The van der Waals surface area contributed by atoms with E-state index in [9.17, 15) is 9.59 Å². The van der Waals surface area contributed by atoms with Crippen LogP contribution in [0.4, 0.5) is 0 Å². The van der Waals surface area contributed by atoms with Crippen molar-refractivity contribution in [2.24, 2.45) is 5.92 Å². The summed E-state index contributed by atoms with van der Waals surface area (Å²) < 4.78 is 5.15. The van der Waals surface area contributed by atoms with Crippen molar-refractivity contribution in [1.82, 2.24) is 10.2 Å². The first-order valence-corrected chi connectivity index (χ1v) is 7.66. The predicted molar refractivity (Wildman–Crippen MR) is 80.0 cm³/mol. The molecule has 0 saturated carbocycles. The van der Waals surface area contributed by atoms with E-state index >= 15 is 0 Å². The molecule has 1 aromatic rings. The standard InChI is InChI=1S/C16H24N2O3/c1-4-11(2)16(20)18-8-5-13(6-9-18)17-15(19)14-7-10-21-12(14)3/h7,10-11,13H,4-6,8-9H2,1-3H3,(H,17,19). The summed E-state index contributed by atoms with van der Waals surface area (Å²) in [5.74, 6) is 0.863. The van der Waals surface area contributed by atoms with Crippen molar-refractivity contribution < 1.29 is 14.0 Å². The van der Waals surface area contributed by atoms with E-state index in [0.717, 1.165) is 32.4 Å². The number of hydrogen-bond acceptors (Lipinski definition) is 3. The number of carbonyl (C=O) groups is 2. The first kappa shape index (κ1) is 15.6. The molecule has 1 aliphatic heterocycles. The minimum Gasteiger partial charge on any atom is -0.469 e. The highest BCUT2D eigenvalue weighted by molar-refractivity contribution is 5.95. The van der Waals surface area contributed by atoms with Crippen LogP contribution in [0.15, 0.2) is 16.7 Å². The Balaban J connectivity index is 1.83. The van der Waals surface area contributed by atoms with Crippen LogP contribution in [0, 0.1) is 12.8 Å². The van der Waals surface area contributed by atoms with Crippen molar-refractivity contribution in [1.29, 1.82) is 0 Å². The maximum Gasteiger partial charge on any atom is 0.255 e. The molecule has 0 spiro atoms. The van der Waals surface area contributed by atoms with Crippen LogP contribution >= 0.6 is 0 Å². The summed E-state index contributed by atoms with van der Waals surface area (Å²) >= 11 is 0. The Morgan fingerprint density at radius 1 is 1.43 bits per heavy atom. The van der Waals surface area contributed by atoms with Gasteiger partial charge in [-0.05, 0) is 32.3 Å². The molecule has 0 aliphatic carbocycles. The molecular weight excluding hydrogens is 268 g/mol. The van der Waals surface area contributed by atoms with Gasteiger partial charge >= 0.3 is 0 Å². The second-order valence-electron chi connectivity index (χ2n) is 5.77. The van der Waals surface area contributed by atoms with Gasteiger partial charge in [-0.2, -0.15) is 0 Å². The Morgan fingerprint density at radius 2 is 2.10 bits per heavy atom. The Kier molecular flexibility index (Phi) is 5.04. The third-order valence-electron chi connectivity index (χ3n) is 4.28. The van der Waals surface area contributed by atoms with Gasteiger partial charge in [-0.1, -0.05) is 13.8 Å². The molecule has 2 rings (SSSR count). The number of carbonyl (C=O) groups excluding carboxylic acids is 2. The summed E-state index contributed by atoms with van der Waals surface area (Å²) in [5, 5.41) is 3.03. The largest absolute Gasteiger partial charge is 0.469 e. The first-order chi connectivity index (χ1) is 10.0. The second kappa shape index (κ2) is 6.78. The van der Waals surface area contributed by atoms with Crippen molar-refractivity contribution in [2.45, 2.75) is 46.1 Å². The molecule has 5 nitrogen and oxygen atoms in total. The van der Waals surface area contributed by atoms with Gasteiger partial charge in [0, 0.05) is 25.0 Å². The first-order valence-electron chi connectivity index (χ1n) is 7.66. The summed E-state index contributed by atoms with van der Waals surface area (Å²) in [6, 6.07) is 1.82. The van der Waals surface area contributed by atoms with Crippen LogP contribution in [0.5, 0.6) is 0 Å². The average molecular weight is 292 g/mol. The molecule has 2 amide bonds. The van der Waals surface area contributed by atoms with Gasteiger partial charge in [0.15, 0.2) is 0 Å². The molecule has 116 valence electrons. The third-order valence-corrected chi connectivity index (χ3v) is 4.28. The van der Waals surface area contributed by atoms with Gasteiger partial charge in [-0.3, -0.25) is 9.59 Å². The Labute approximate surface area is 125 Å². The highest BCUT2D eigenvalue weighted by Crippen LogP contribution is 2.16. The molecule has 1 N–H and O–H groups in total. The molecule has 5 heteroatoms. The number of piperidine rings is 1. The molecule has 0 radical (unpaired) electrons. The van der Waals surface area contributed by atoms with E-state index in [1.807, 2.05) is 18.7 Å². The molecule has 1 aromatic heterocycles. The van der Waals surface area contributed by atoms with Crippen molar-refractivity contribution in [3.05, 3.63) is 23.7 Å². The number of amides is 2. The maximum absolute atomic E-state index is 12.1. The fourth-order valence-electron chi connectivity index (χ4n) is 2.61. The van der Waals surface area contributed by atoms with Crippen LogP contribution in [0.1, 0.15) is 49.2 Å². The topological polar surface area (TPSA) is 62.6 Å². The lowest BCUT2D eigenvalue weighted by Crippen LogP contribution is -2.47. The minimum absolute atomic E-state index is 0.0877. The van der Waals surface area contributed by atoms with Crippen molar-refractivity contribution in [2.75, 3.05) is 13.1 Å². The Morgan fingerprint density at radius 3 is 2.62 bits per heavy atom. The number of likely N-dealkylation sites (tertiary alicyclic amines) is 1.